The first-order valence-corrected chi connectivity index (χ1v) is 10.0. The summed E-state index contributed by atoms with van der Waals surface area (Å²) in [4.78, 5) is 12.6. The highest BCUT2D eigenvalue weighted by Crippen LogP contribution is 2.26. The first-order chi connectivity index (χ1) is 13.4. The highest BCUT2D eigenvalue weighted by Gasteiger charge is 2.28. The molecule has 5 nitrogen and oxygen atoms in total. The van der Waals surface area contributed by atoms with Crippen molar-refractivity contribution in [2.75, 3.05) is 16.2 Å². The Labute approximate surface area is 163 Å². The number of carbonyl (C=O) groups excluding carboxylic acids is 1. The predicted molar refractivity (Wildman–Crippen MR) is 107 cm³/mol. The molecular formula is C21H19FN2O3S. The minimum Gasteiger partial charge on any atom is -0.324 e. The topological polar surface area (TPSA) is 66.5 Å². The van der Waals surface area contributed by atoms with Crippen molar-refractivity contribution >= 4 is 27.3 Å². The van der Waals surface area contributed by atoms with E-state index in [2.05, 4.69) is 5.32 Å². The van der Waals surface area contributed by atoms with Crippen LogP contribution in [0, 0.1) is 12.7 Å². The lowest BCUT2D eigenvalue weighted by molar-refractivity contribution is -0.114. The summed E-state index contributed by atoms with van der Waals surface area (Å²) in [6.45, 7) is 1.33. The van der Waals surface area contributed by atoms with E-state index in [4.69, 9.17) is 0 Å². The van der Waals surface area contributed by atoms with Crippen molar-refractivity contribution < 1.29 is 17.6 Å². The van der Waals surface area contributed by atoms with E-state index in [1.54, 1.807) is 49.4 Å². The van der Waals surface area contributed by atoms with Crippen LogP contribution in [0.15, 0.2) is 83.8 Å². The third-order valence-electron chi connectivity index (χ3n) is 4.11. The smallest absolute Gasteiger partial charge is 0.264 e. The highest BCUT2D eigenvalue weighted by atomic mass is 32.2. The van der Waals surface area contributed by atoms with Gasteiger partial charge in [0.15, 0.2) is 0 Å². The molecule has 1 amide bonds. The molecule has 0 fully saturated rings. The number of sulfonamides is 1. The summed E-state index contributed by atoms with van der Waals surface area (Å²) in [6, 6.07) is 20.2. The summed E-state index contributed by atoms with van der Waals surface area (Å²) in [7, 11) is -3.97. The van der Waals surface area contributed by atoms with Crippen LogP contribution in [-0.4, -0.2) is 20.9 Å². The average molecular weight is 398 g/mol. The lowest BCUT2D eigenvalue weighted by Crippen LogP contribution is -2.38. The van der Waals surface area contributed by atoms with E-state index < -0.39 is 28.3 Å². The summed E-state index contributed by atoms with van der Waals surface area (Å²) in [6.07, 6.45) is 0. The van der Waals surface area contributed by atoms with Gasteiger partial charge in [0.1, 0.15) is 12.4 Å². The van der Waals surface area contributed by atoms with E-state index in [1.165, 1.54) is 36.4 Å². The van der Waals surface area contributed by atoms with Gasteiger partial charge in [-0.3, -0.25) is 9.10 Å². The Kier molecular flexibility index (Phi) is 5.75. The van der Waals surface area contributed by atoms with Crippen molar-refractivity contribution in [1.29, 1.82) is 0 Å². The zero-order valence-corrected chi connectivity index (χ0v) is 16.0. The number of para-hydroxylation sites is 1. The fourth-order valence-corrected chi connectivity index (χ4v) is 4.27. The molecule has 0 heterocycles. The third-order valence-corrected chi connectivity index (χ3v) is 5.88. The minimum atomic E-state index is -3.97. The van der Waals surface area contributed by atoms with E-state index in [0.29, 0.717) is 11.3 Å². The second-order valence-electron chi connectivity index (χ2n) is 6.17. The number of aryl methyl sites for hydroxylation is 1. The molecule has 144 valence electrons. The number of rotatable bonds is 6. The lowest BCUT2D eigenvalue weighted by Gasteiger charge is -2.25. The van der Waals surface area contributed by atoms with Gasteiger partial charge in [0.2, 0.25) is 5.91 Å². The van der Waals surface area contributed by atoms with Gasteiger partial charge in [-0.1, -0.05) is 42.5 Å². The zero-order chi connectivity index (χ0) is 20.1. The maximum absolute atomic E-state index is 13.4. The molecule has 0 saturated carbocycles. The van der Waals surface area contributed by atoms with Crippen LogP contribution in [0.4, 0.5) is 15.8 Å². The quantitative estimate of drug-likeness (QED) is 0.683. The zero-order valence-electron chi connectivity index (χ0n) is 15.2. The number of benzene rings is 3. The fourth-order valence-electron chi connectivity index (χ4n) is 2.76. The van der Waals surface area contributed by atoms with Gasteiger partial charge in [-0.05, 0) is 48.9 Å². The van der Waals surface area contributed by atoms with Crippen molar-refractivity contribution in [3.8, 4) is 0 Å². The Hall–Kier alpha value is -3.19. The molecule has 0 radical (unpaired) electrons. The molecule has 0 aliphatic rings. The van der Waals surface area contributed by atoms with E-state index in [-0.39, 0.29) is 10.6 Å². The number of halogens is 1. The Morgan fingerprint density at radius 1 is 0.964 bits per heavy atom. The van der Waals surface area contributed by atoms with Crippen LogP contribution in [-0.2, 0) is 14.8 Å². The first kappa shape index (κ1) is 19.6. The van der Waals surface area contributed by atoms with Gasteiger partial charge in [0, 0.05) is 5.69 Å². The molecule has 0 unspecified atom stereocenters. The highest BCUT2D eigenvalue weighted by molar-refractivity contribution is 7.92. The number of nitrogens with one attached hydrogen (secondary N) is 1. The predicted octanol–water partition coefficient (Wildman–Crippen LogP) is 3.97. The first-order valence-electron chi connectivity index (χ1n) is 8.57. The van der Waals surface area contributed by atoms with E-state index in [1.807, 2.05) is 0 Å². The molecule has 3 aromatic rings. The Balaban J connectivity index is 1.95. The van der Waals surface area contributed by atoms with Crippen molar-refractivity contribution in [3.05, 3.63) is 90.2 Å². The summed E-state index contributed by atoms with van der Waals surface area (Å²) in [5.41, 5.74) is 1.37. The second-order valence-corrected chi connectivity index (χ2v) is 8.03. The molecule has 0 aliphatic heterocycles. The number of hydrogen-bond acceptors (Lipinski definition) is 3. The van der Waals surface area contributed by atoms with Gasteiger partial charge >= 0.3 is 0 Å². The maximum Gasteiger partial charge on any atom is 0.264 e. The minimum absolute atomic E-state index is 0.0804. The van der Waals surface area contributed by atoms with Gasteiger partial charge < -0.3 is 5.32 Å². The van der Waals surface area contributed by atoms with E-state index in [9.17, 15) is 17.6 Å². The van der Waals surface area contributed by atoms with Gasteiger partial charge in [0.05, 0.1) is 10.6 Å². The van der Waals surface area contributed by atoms with E-state index >= 15 is 0 Å². The molecule has 28 heavy (non-hydrogen) atoms. The van der Waals surface area contributed by atoms with Gasteiger partial charge in [0.25, 0.3) is 10.0 Å². The van der Waals surface area contributed by atoms with Crippen molar-refractivity contribution in [2.24, 2.45) is 0 Å². The molecule has 0 spiro atoms. The SMILES string of the molecule is Cc1ccccc1N(CC(=O)Nc1cccc(F)c1)S(=O)(=O)c1ccccc1. The molecule has 0 bridgehead atoms. The Morgan fingerprint density at radius 2 is 1.64 bits per heavy atom. The number of amides is 1. The van der Waals surface area contributed by atoms with Gasteiger partial charge in [-0.15, -0.1) is 0 Å². The summed E-state index contributed by atoms with van der Waals surface area (Å²) < 4.78 is 40.8. The van der Waals surface area contributed by atoms with Gasteiger partial charge in [-0.2, -0.15) is 0 Å². The molecular weight excluding hydrogens is 379 g/mol. The van der Waals surface area contributed by atoms with Crippen LogP contribution < -0.4 is 9.62 Å². The third kappa shape index (κ3) is 4.37. The number of anilines is 2. The molecule has 1 N–H and O–H groups in total. The van der Waals surface area contributed by atoms with Crippen LogP contribution in [0.5, 0.6) is 0 Å². The van der Waals surface area contributed by atoms with Crippen LogP contribution >= 0.6 is 0 Å². The average Bonchev–Trinajstić information content (AvgIpc) is 2.67. The standard InChI is InChI=1S/C21H19FN2O3S/c1-16-8-5-6-13-20(16)24(28(26,27)19-11-3-2-4-12-19)15-21(25)23-18-10-7-9-17(22)14-18/h2-14H,15H2,1H3,(H,23,25). The number of nitrogens with zero attached hydrogens (tertiary/aromatic N) is 1. The van der Waals surface area contributed by atoms with Crippen molar-refractivity contribution in [1.82, 2.24) is 0 Å². The lowest BCUT2D eigenvalue weighted by atomic mass is 10.2. The number of hydrogen-bond donors (Lipinski definition) is 1. The molecule has 3 rings (SSSR count). The largest absolute Gasteiger partial charge is 0.324 e. The van der Waals surface area contributed by atoms with E-state index in [0.717, 1.165) is 4.31 Å². The molecule has 0 atom stereocenters. The Morgan fingerprint density at radius 3 is 2.32 bits per heavy atom. The maximum atomic E-state index is 13.4. The van der Waals surface area contributed by atoms with Crippen LogP contribution in [0.2, 0.25) is 0 Å². The molecule has 7 heteroatoms. The van der Waals surface area contributed by atoms with Crippen LogP contribution in [0.1, 0.15) is 5.56 Å². The summed E-state index contributed by atoms with van der Waals surface area (Å²) in [5.74, 6) is -1.07. The van der Waals surface area contributed by atoms with Crippen molar-refractivity contribution in [2.45, 2.75) is 11.8 Å². The second kappa shape index (κ2) is 8.22. The van der Waals surface area contributed by atoms with Crippen molar-refractivity contribution in [3.63, 3.8) is 0 Å². The normalized spacial score (nSPS) is 11.1. The molecule has 0 aliphatic carbocycles. The van der Waals surface area contributed by atoms with Crippen LogP contribution in [0.25, 0.3) is 0 Å². The fraction of sp³-hybridized carbons (Fsp3) is 0.0952. The molecule has 0 saturated heterocycles. The number of carbonyl (C=O) groups is 1. The van der Waals surface area contributed by atoms with Crippen LogP contribution in [0.3, 0.4) is 0 Å². The summed E-state index contributed by atoms with van der Waals surface area (Å²) in [5, 5.41) is 2.54. The Bertz CT molecular complexity index is 1090. The van der Waals surface area contributed by atoms with Gasteiger partial charge in [-0.25, -0.2) is 12.8 Å². The summed E-state index contributed by atoms with van der Waals surface area (Å²) >= 11 is 0. The monoisotopic (exact) mass is 398 g/mol. The molecule has 3 aromatic carbocycles. The molecule has 0 aromatic heterocycles.